The number of thiol groups is 1. The molecule has 0 N–H and O–H groups in total. The smallest absolute Gasteiger partial charge is 0.0163 e. The first kappa shape index (κ1) is 12.5. The lowest BCUT2D eigenvalue weighted by molar-refractivity contribution is 0.0433. The van der Waals surface area contributed by atoms with Gasteiger partial charge in [0.05, 0.1) is 0 Å². The second kappa shape index (κ2) is 6.08. The Morgan fingerprint density at radius 1 is 1.25 bits per heavy atom. The lowest BCUT2D eigenvalue weighted by atomic mass is 9.84. The van der Waals surface area contributed by atoms with Crippen LogP contribution >= 0.6 is 12.6 Å². The van der Waals surface area contributed by atoms with Gasteiger partial charge in [-0.1, -0.05) is 12.2 Å². The highest BCUT2D eigenvalue weighted by Gasteiger charge is 2.33. The van der Waals surface area contributed by atoms with Gasteiger partial charge in [0.2, 0.25) is 0 Å². The van der Waals surface area contributed by atoms with Crippen molar-refractivity contribution in [1.82, 2.24) is 9.80 Å². The fourth-order valence-corrected chi connectivity index (χ4v) is 3.34. The summed E-state index contributed by atoms with van der Waals surface area (Å²) in [5.74, 6) is 1.78. The highest BCUT2D eigenvalue weighted by Crippen LogP contribution is 2.29. The van der Waals surface area contributed by atoms with Gasteiger partial charge < -0.3 is 4.90 Å². The fraction of sp³-hybridized carbons (Fsp3) is 0.846. The van der Waals surface area contributed by atoms with Gasteiger partial charge in [-0.15, -0.1) is 0 Å². The van der Waals surface area contributed by atoms with Crippen LogP contribution in [0.4, 0.5) is 0 Å². The number of hydrogen-bond acceptors (Lipinski definition) is 3. The summed E-state index contributed by atoms with van der Waals surface area (Å²) in [5.41, 5.74) is 0. The first-order valence-corrected chi connectivity index (χ1v) is 7.13. The minimum absolute atomic E-state index is 0.860. The van der Waals surface area contributed by atoms with E-state index >= 15 is 0 Å². The summed E-state index contributed by atoms with van der Waals surface area (Å²) < 4.78 is 0. The van der Waals surface area contributed by atoms with E-state index in [-0.39, 0.29) is 0 Å². The molecule has 2 unspecified atom stereocenters. The number of nitrogens with zero attached hydrogens (tertiary/aromatic N) is 2. The molecule has 92 valence electrons. The standard InChI is InChI=1S/C13H24N2S/c1-14-7-4-5-12-11-15(8-2-3-10-16)9-6-13(12)14/h2-3,12-13,16H,4-11H2,1H3/b3-2+. The molecule has 2 aliphatic heterocycles. The predicted octanol–water partition coefficient (Wildman–Crippen LogP) is 1.89. The normalized spacial score (nSPS) is 33.1. The molecule has 0 aliphatic carbocycles. The maximum atomic E-state index is 4.19. The molecule has 2 rings (SSSR count). The summed E-state index contributed by atoms with van der Waals surface area (Å²) in [4.78, 5) is 5.18. The first-order valence-electron chi connectivity index (χ1n) is 6.49. The van der Waals surface area contributed by atoms with Crippen molar-refractivity contribution in [3.63, 3.8) is 0 Å². The van der Waals surface area contributed by atoms with Crippen molar-refractivity contribution in [1.29, 1.82) is 0 Å². The van der Waals surface area contributed by atoms with E-state index < -0.39 is 0 Å². The van der Waals surface area contributed by atoms with Gasteiger partial charge in [0.1, 0.15) is 0 Å². The van der Waals surface area contributed by atoms with E-state index in [2.05, 4.69) is 41.6 Å². The average molecular weight is 240 g/mol. The third-order valence-corrected chi connectivity index (χ3v) is 4.28. The Morgan fingerprint density at radius 2 is 2.12 bits per heavy atom. The molecule has 0 amide bonds. The Hall–Kier alpha value is 0.01000. The fourth-order valence-electron chi connectivity index (χ4n) is 3.19. The van der Waals surface area contributed by atoms with Crippen molar-refractivity contribution < 1.29 is 0 Å². The van der Waals surface area contributed by atoms with Crippen molar-refractivity contribution in [3.05, 3.63) is 12.2 Å². The van der Waals surface area contributed by atoms with Crippen LogP contribution in [-0.2, 0) is 0 Å². The molecule has 0 aromatic heterocycles. The maximum Gasteiger partial charge on any atom is 0.0163 e. The monoisotopic (exact) mass is 240 g/mol. The highest BCUT2D eigenvalue weighted by atomic mass is 32.1. The molecule has 2 fully saturated rings. The van der Waals surface area contributed by atoms with Crippen LogP contribution in [0.25, 0.3) is 0 Å². The summed E-state index contributed by atoms with van der Waals surface area (Å²) >= 11 is 4.19. The molecule has 2 atom stereocenters. The van der Waals surface area contributed by atoms with Crippen LogP contribution in [0.5, 0.6) is 0 Å². The molecule has 16 heavy (non-hydrogen) atoms. The largest absolute Gasteiger partial charge is 0.303 e. The van der Waals surface area contributed by atoms with Crippen molar-refractivity contribution >= 4 is 12.6 Å². The second-order valence-electron chi connectivity index (χ2n) is 5.15. The van der Waals surface area contributed by atoms with Gasteiger partial charge >= 0.3 is 0 Å². The predicted molar refractivity (Wildman–Crippen MR) is 73.2 cm³/mol. The Kier molecular flexibility index (Phi) is 4.74. The van der Waals surface area contributed by atoms with E-state index in [4.69, 9.17) is 0 Å². The average Bonchev–Trinajstić information content (AvgIpc) is 2.30. The van der Waals surface area contributed by atoms with Crippen LogP contribution in [0.1, 0.15) is 19.3 Å². The SMILES string of the molecule is CN1CCCC2CN(C/C=C/CS)CCC21. The third-order valence-electron chi connectivity index (χ3n) is 4.07. The van der Waals surface area contributed by atoms with E-state index in [0.29, 0.717) is 0 Å². The van der Waals surface area contributed by atoms with Gasteiger partial charge in [-0.05, 0) is 45.3 Å². The van der Waals surface area contributed by atoms with Gasteiger partial charge in [0.25, 0.3) is 0 Å². The first-order chi connectivity index (χ1) is 7.81. The van der Waals surface area contributed by atoms with Crippen LogP contribution in [0.15, 0.2) is 12.2 Å². The molecule has 2 nitrogen and oxygen atoms in total. The highest BCUT2D eigenvalue weighted by molar-refractivity contribution is 7.80. The summed E-state index contributed by atoms with van der Waals surface area (Å²) in [5, 5.41) is 0. The van der Waals surface area contributed by atoms with E-state index in [1.807, 2.05) is 0 Å². The molecular weight excluding hydrogens is 216 g/mol. The van der Waals surface area contributed by atoms with Gasteiger partial charge in [-0.25, -0.2) is 0 Å². The van der Waals surface area contributed by atoms with Crippen molar-refractivity contribution in [3.8, 4) is 0 Å². The Balaban J connectivity index is 1.83. The van der Waals surface area contributed by atoms with Gasteiger partial charge in [0.15, 0.2) is 0 Å². The molecule has 3 heteroatoms. The molecular formula is C13H24N2S. The minimum Gasteiger partial charge on any atom is -0.303 e. The molecule has 0 saturated carbocycles. The van der Waals surface area contributed by atoms with E-state index in [9.17, 15) is 0 Å². The Morgan fingerprint density at radius 3 is 2.94 bits per heavy atom. The van der Waals surface area contributed by atoms with Gasteiger partial charge in [0, 0.05) is 24.9 Å². The number of rotatable bonds is 3. The van der Waals surface area contributed by atoms with Crippen LogP contribution in [0.3, 0.4) is 0 Å². The molecule has 2 aliphatic rings. The summed E-state index contributed by atoms with van der Waals surface area (Å²) in [6, 6.07) is 0.860. The van der Waals surface area contributed by atoms with E-state index in [0.717, 1.165) is 24.3 Å². The zero-order chi connectivity index (χ0) is 11.4. The summed E-state index contributed by atoms with van der Waals surface area (Å²) in [7, 11) is 2.30. The number of piperidine rings is 2. The number of fused-ring (bicyclic) bond motifs is 1. The molecule has 0 aromatic rings. The van der Waals surface area contributed by atoms with Gasteiger partial charge in [-0.3, -0.25) is 4.90 Å². The maximum absolute atomic E-state index is 4.19. The number of hydrogen-bond donors (Lipinski definition) is 1. The molecule has 2 saturated heterocycles. The van der Waals surface area contributed by atoms with Crippen LogP contribution in [-0.4, -0.2) is 54.8 Å². The zero-order valence-electron chi connectivity index (χ0n) is 10.3. The Labute approximate surface area is 105 Å². The molecule has 0 spiro atoms. The zero-order valence-corrected chi connectivity index (χ0v) is 11.2. The van der Waals surface area contributed by atoms with Gasteiger partial charge in [-0.2, -0.15) is 12.6 Å². The van der Waals surface area contributed by atoms with Crippen LogP contribution < -0.4 is 0 Å². The Bertz CT molecular complexity index is 242. The lowest BCUT2D eigenvalue weighted by Gasteiger charge is -2.45. The molecule has 2 heterocycles. The van der Waals surface area contributed by atoms with Crippen LogP contribution in [0, 0.1) is 5.92 Å². The summed E-state index contributed by atoms with van der Waals surface area (Å²) in [6.07, 6.45) is 8.59. The van der Waals surface area contributed by atoms with Crippen molar-refractivity contribution in [2.45, 2.75) is 25.3 Å². The van der Waals surface area contributed by atoms with Crippen molar-refractivity contribution in [2.75, 3.05) is 39.0 Å². The molecule has 0 bridgehead atoms. The van der Waals surface area contributed by atoms with Crippen LogP contribution in [0.2, 0.25) is 0 Å². The molecule has 0 aromatic carbocycles. The lowest BCUT2D eigenvalue weighted by Crippen LogP contribution is -2.52. The number of likely N-dealkylation sites (tertiary alicyclic amines) is 2. The summed E-state index contributed by atoms with van der Waals surface area (Å²) in [6.45, 7) is 4.99. The topological polar surface area (TPSA) is 6.48 Å². The molecule has 0 radical (unpaired) electrons. The quantitative estimate of drug-likeness (QED) is 0.594. The second-order valence-corrected chi connectivity index (χ2v) is 5.52. The van der Waals surface area contributed by atoms with Crippen molar-refractivity contribution in [2.24, 2.45) is 5.92 Å². The third kappa shape index (κ3) is 3.02. The van der Waals surface area contributed by atoms with E-state index in [1.165, 1.54) is 38.9 Å². The van der Waals surface area contributed by atoms with E-state index in [1.54, 1.807) is 0 Å². The minimum atomic E-state index is 0.860.